The molecule has 0 aliphatic carbocycles. The lowest BCUT2D eigenvalue weighted by Crippen LogP contribution is -2.37. The van der Waals surface area contributed by atoms with E-state index >= 15 is 0 Å². The number of carbonyl (C=O) groups is 1. The molecule has 0 saturated carbocycles. The van der Waals surface area contributed by atoms with Gasteiger partial charge >= 0.3 is 0 Å². The Hall–Kier alpha value is -1.66. The van der Waals surface area contributed by atoms with Crippen LogP contribution in [0.5, 0.6) is 0 Å². The number of thiazole rings is 1. The van der Waals surface area contributed by atoms with Crippen LogP contribution in [0.4, 0.5) is 0 Å². The fraction of sp³-hybridized carbons (Fsp3) is 0.385. The summed E-state index contributed by atoms with van der Waals surface area (Å²) in [7, 11) is 1.66. The van der Waals surface area contributed by atoms with Crippen molar-refractivity contribution in [3.8, 4) is 10.8 Å². The van der Waals surface area contributed by atoms with E-state index in [2.05, 4.69) is 4.98 Å². The molecule has 2 aromatic rings. The van der Waals surface area contributed by atoms with Gasteiger partial charge in [-0.3, -0.25) is 4.79 Å². The molecule has 1 N–H and O–H groups in total. The minimum atomic E-state index is -0.235. The molecule has 2 aromatic heterocycles. The van der Waals surface area contributed by atoms with Crippen LogP contribution >= 0.6 is 11.3 Å². The molecular formula is C13H16N2O3S. The zero-order valence-corrected chi connectivity index (χ0v) is 11.9. The van der Waals surface area contributed by atoms with E-state index < -0.39 is 0 Å². The summed E-state index contributed by atoms with van der Waals surface area (Å²) in [5, 5.41) is 9.79. The fourth-order valence-electron chi connectivity index (χ4n) is 1.59. The highest BCUT2D eigenvalue weighted by Crippen LogP contribution is 2.28. The molecule has 2 rings (SSSR count). The van der Waals surface area contributed by atoms with Gasteiger partial charge in [-0.2, -0.15) is 0 Å². The Balaban J connectivity index is 2.28. The lowest BCUT2D eigenvalue weighted by molar-refractivity contribution is 0.0676. The van der Waals surface area contributed by atoms with Crippen LogP contribution in [0.3, 0.4) is 0 Å². The molecule has 6 heteroatoms. The van der Waals surface area contributed by atoms with E-state index in [1.54, 1.807) is 26.3 Å². The summed E-state index contributed by atoms with van der Waals surface area (Å²) in [4.78, 5) is 19.0. The van der Waals surface area contributed by atoms with Crippen molar-refractivity contribution < 1.29 is 14.3 Å². The Morgan fingerprint density at radius 3 is 2.95 bits per heavy atom. The van der Waals surface area contributed by atoms with Crippen LogP contribution in [-0.4, -0.2) is 40.6 Å². The van der Waals surface area contributed by atoms with Gasteiger partial charge in [-0.25, -0.2) is 4.98 Å². The first-order valence-corrected chi connectivity index (χ1v) is 6.75. The van der Waals surface area contributed by atoms with Crippen molar-refractivity contribution in [2.75, 3.05) is 13.7 Å². The third-order valence-electron chi connectivity index (χ3n) is 2.98. The number of furan rings is 1. The van der Waals surface area contributed by atoms with Gasteiger partial charge in [0.2, 0.25) is 0 Å². The topological polar surface area (TPSA) is 66.6 Å². The second-order valence-corrected chi connectivity index (χ2v) is 5.55. The number of aromatic nitrogens is 1. The highest BCUT2D eigenvalue weighted by Gasteiger charge is 2.23. The SMILES string of the molecule is Cc1sc(-c2ccco2)nc1C(=O)N(C)C(C)CO. The van der Waals surface area contributed by atoms with E-state index in [1.165, 1.54) is 16.2 Å². The van der Waals surface area contributed by atoms with E-state index in [0.29, 0.717) is 16.5 Å². The number of hydrogen-bond acceptors (Lipinski definition) is 5. The number of hydrogen-bond donors (Lipinski definition) is 1. The van der Waals surface area contributed by atoms with Crippen LogP contribution in [-0.2, 0) is 0 Å². The second kappa shape index (κ2) is 5.54. The summed E-state index contributed by atoms with van der Waals surface area (Å²) in [6.45, 7) is 3.57. The molecule has 0 fully saturated rings. The van der Waals surface area contributed by atoms with Crippen molar-refractivity contribution in [3.05, 3.63) is 29.0 Å². The van der Waals surface area contributed by atoms with Gasteiger partial charge in [-0.1, -0.05) is 0 Å². The lowest BCUT2D eigenvalue weighted by atomic mass is 10.2. The van der Waals surface area contributed by atoms with E-state index in [9.17, 15) is 4.79 Å². The Morgan fingerprint density at radius 1 is 1.63 bits per heavy atom. The first-order chi connectivity index (χ1) is 9.04. The molecule has 1 unspecified atom stereocenters. The molecule has 102 valence electrons. The average Bonchev–Trinajstić information content (AvgIpc) is 3.04. The summed E-state index contributed by atoms with van der Waals surface area (Å²) < 4.78 is 5.28. The zero-order chi connectivity index (χ0) is 14.0. The molecule has 0 saturated heterocycles. The predicted molar refractivity (Wildman–Crippen MR) is 73.2 cm³/mol. The molecule has 19 heavy (non-hydrogen) atoms. The highest BCUT2D eigenvalue weighted by atomic mass is 32.1. The molecule has 1 atom stereocenters. The third-order valence-corrected chi connectivity index (χ3v) is 3.96. The molecule has 0 bridgehead atoms. The summed E-state index contributed by atoms with van der Waals surface area (Å²) in [5.41, 5.74) is 0.416. The Labute approximate surface area is 115 Å². The second-order valence-electron chi connectivity index (χ2n) is 4.35. The number of rotatable bonds is 4. The van der Waals surface area contributed by atoms with Gasteiger partial charge in [0.25, 0.3) is 5.91 Å². The molecule has 0 spiro atoms. The van der Waals surface area contributed by atoms with Crippen LogP contribution in [0, 0.1) is 6.92 Å². The van der Waals surface area contributed by atoms with E-state index in [-0.39, 0.29) is 18.6 Å². The maximum atomic E-state index is 12.3. The summed E-state index contributed by atoms with van der Waals surface area (Å²) >= 11 is 1.42. The Morgan fingerprint density at radius 2 is 2.37 bits per heavy atom. The Kier molecular flexibility index (Phi) is 4.01. The minimum Gasteiger partial charge on any atom is -0.462 e. The number of amides is 1. The van der Waals surface area contributed by atoms with E-state index in [4.69, 9.17) is 9.52 Å². The van der Waals surface area contributed by atoms with Crippen molar-refractivity contribution in [2.45, 2.75) is 19.9 Å². The molecule has 2 heterocycles. The fourth-order valence-corrected chi connectivity index (χ4v) is 2.46. The monoisotopic (exact) mass is 280 g/mol. The van der Waals surface area contributed by atoms with E-state index in [0.717, 1.165) is 4.88 Å². The quantitative estimate of drug-likeness (QED) is 0.932. The van der Waals surface area contributed by atoms with Gasteiger partial charge in [0.1, 0.15) is 5.69 Å². The first-order valence-electron chi connectivity index (χ1n) is 5.94. The Bertz CT molecular complexity index is 562. The molecule has 0 aliphatic rings. The number of aryl methyl sites for hydroxylation is 1. The molecule has 0 radical (unpaired) electrons. The van der Waals surface area contributed by atoms with E-state index in [1.807, 2.05) is 13.0 Å². The van der Waals surface area contributed by atoms with Gasteiger partial charge in [-0.15, -0.1) is 11.3 Å². The number of likely N-dealkylation sites (N-methyl/N-ethyl adjacent to an activating group) is 1. The van der Waals surface area contributed by atoms with Gasteiger partial charge in [0, 0.05) is 11.9 Å². The van der Waals surface area contributed by atoms with Crippen LogP contribution in [0.2, 0.25) is 0 Å². The minimum absolute atomic E-state index is 0.0730. The molecular weight excluding hydrogens is 264 g/mol. The number of aliphatic hydroxyl groups excluding tert-OH is 1. The third kappa shape index (κ3) is 2.69. The van der Waals surface area contributed by atoms with Gasteiger partial charge in [0.05, 0.1) is 18.9 Å². The van der Waals surface area contributed by atoms with Crippen molar-refractivity contribution in [1.82, 2.24) is 9.88 Å². The summed E-state index contributed by atoms with van der Waals surface area (Å²) in [5.74, 6) is 0.470. The lowest BCUT2D eigenvalue weighted by Gasteiger charge is -2.22. The first kappa shape index (κ1) is 13.8. The molecule has 0 aromatic carbocycles. The van der Waals surface area contributed by atoms with Gasteiger partial charge < -0.3 is 14.4 Å². The van der Waals surface area contributed by atoms with Crippen molar-refractivity contribution in [3.63, 3.8) is 0 Å². The molecule has 5 nitrogen and oxygen atoms in total. The normalized spacial score (nSPS) is 12.4. The standard InChI is InChI=1S/C13H16N2O3S/c1-8(7-16)15(3)13(17)11-9(2)19-12(14-11)10-5-4-6-18-10/h4-6,8,16H,7H2,1-3H3. The predicted octanol–water partition coefficient (Wildman–Crippen LogP) is 2.16. The maximum absolute atomic E-state index is 12.3. The zero-order valence-electron chi connectivity index (χ0n) is 11.1. The van der Waals surface area contributed by atoms with Crippen LogP contribution in [0.1, 0.15) is 22.3 Å². The maximum Gasteiger partial charge on any atom is 0.273 e. The highest BCUT2D eigenvalue weighted by molar-refractivity contribution is 7.15. The number of carbonyl (C=O) groups excluding carboxylic acids is 1. The largest absolute Gasteiger partial charge is 0.462 e. The van der Waals surface area contributed by atoms with Crippen molar-refractivity contribution in [2.24, 2.45) is 0 Å². The van der Waals surface area contributed by atoms with Crippen LogP contribution < -0.4 is 0 Å². The molecule has 0 aliphatic heterocycles. The van der Waals surface area contributed by atoms with Crippen LogP contribution in [0.25, 0.3) is 10.8 Å². The van der Waals surface area contributed by atoms with Crippen molar-refractivity contribution in [1.29, 1.82) is 0 Å². The molecule has 1 amide bonds. The smallest absolute Gasteiger partial charge is 0.273 e. The summed E-state index contributed by atoms with van der Waals surface area (Å²) in [6, 6.07) is 3.36. The van der Waals surface area contributed by atoms with Gasteiger partial charge in [0.15, 0.2) is 10.8 Å². The summed E-state index contributed by atoms with van der Waals surface area (Å²) in [6.07, 6.45) is 1.58. The average molecular weight is 280 g/mol. The van der Waals surface area contributed by atoms with Gasteiger partial charge in [-0.05, 0) is 26.0 Å². The number of aliphatic hydroxyl groups is 1. The van der Waals surface area contributed by atoms with Crippen molar-refractivity contribution >= 4 is 17.2 Å². The number of nitrogens with zero attached hydrogens (tertiary/aromatic N) is 2. The van der Waals surface area contributed by atoms with Crippen LogP contribution in [0.15, 0.2) is 22.8 Å².